The summed E-state index contributed by atoms with van der Waals surface area (Å²) in [6.45, 7) is 0. The van der Waals surface area contributed by atoms with E-state index in [0.29, 0.717) is 17.2 Å². The molecule has 0 amide bonds. The third kappa shape index (κ3) is 2.85. The molecule has 1 aromatic heterocycles. The summed E-state index contributed by atoms with van der Waals surface area (Å²) in [6, 6.07) is 7.95. The van der Waals surface area contributed by atoms with E-state index in [1.54, 1.807) is 6.20 Å². The Hall–Kier alpha value is -1.65. The van der Waals surface area contributed by atoms with Crippen LogP contribution >= 0.6 is 12.4 Å². The summed E-state index contributed by atoms with van der Waals surface area (Å²) in [5, 5.41) is 9.36. The fraction of sp³-hybridized carbons (Fsp3) is 0.214. The van der Waals surface area contributed by atoms with Crippen molar-refractivity contribution in [1.82, 2.24) is 4.98 Å². The second-order valence-corrected chi connectivity index (χ2v) is 4.68. The maximum absolute atomic E-state index is 13.2. The Morgan fingerprint density at radius 2 is 2.00 bits per heavy atom. The number of phenolic OH excluding ortho intramolecular Hbond substituents is 1. The van der Waals surface area contributed by atoms with Crippen molar-refractivity contribution < 1.29 is 9.50 Å². The lowest BCUT2D eigenvalue weighted by molar-refractivity contribution is 0.469. The molecular weight excluding hydrogens is 267 g/mol. The number of pyridine rings is 1. The van der Waals surface area contributed by atoms with Gasteiger partial charge >= 0.3 is 0 Å². The fourth-order valence-corrected chi connectivity index (χ4v) is 2.12. The van der Waals surface area contributed by atoms with Crippen LogP contribution in [0.5, 0.6) is 5.75 Å². The van der Waals surface area contributed by atoms with Crippen molar-refractivity contribution in [3.63, 3.8) is 0 Å². The van der Waals surface area contributed by atoms with Crippen LogP contribution in [0, 0.1) is 5.82 Å². The standard InChI is InChI=1S/C14H13FN2O.ClH/c15-10-3-9(4-11(18)5-10)14-2-1-8(7-17-14)12-6-13(12)16;/h1-5,7,12-13,18H,6,16H2;1H/t12-,13+;/m1./s1. The zero-order valence-electron chi connectivity index (χ0n) is 10.1. The van der Waals surface area contributed by atoms with E-state index in [2.05, 4.69) is 4.98 Å². The summed E-state index contributed by atoms with van der Waals surface area (Å²) in [4.78, 5) is 4.29. The summed E-state index contributed by atoms with van der Waals surface area (Å²) < 4.78 is 13.2. The molecule has 1 aromatic carbocycles. The number of rotatable bonds is 2. The minimum Gasteiger partial charge on any atom is -0.508 e. The van der Waals surface area contributed by atoms with Crippen LogP contribution in [0.15, 0.2) is 36.5 Å². The van der Waals surface area contributed by atoms with Gasteiger partial charge in [-0.15, -0.1) is 12.4 Å². The summed E-state index contributed by atoms with van der Waals surface area (Å²) >= 11 is 0. The van der Waals surface area contributed by atoms with Gasteiger partial charge in [-0.1, -0.05) is 6.07 Å². The monoisotopic (exact) mass is 280 g/mol. The Bertz CT molecular complexity index is 568. The van der Waals surface area contributed by atoms with Crippen LogP contribution in [0.1, 0.15) is 17.9 Å². The number of hydrogen-bond donors (Lipinski definition) is 2. The third-order valence-electron chi connectivity index (χ3n) is 3.23. The quantitative estimate of drug-likeness (QED) is 0.889. The van der Waals surface area contributed by atoms with Crippen LogP contribution < -0.4 is 5.73 Å². The van der Waals surface area contributed by atoms with E-state index >= 15 is 0 Å². The van der Waals surface area contributed by atoms with Crippen molar-refractivity contribution >= 4 is 12.4 Å². The van der Waals surface area contributed by atoms with Crippen LogP contribution in [0.2, 0.25) is 0 Å². The molecule has 19 heavy (non-hydrogen) atoms. The van der Waals surface area contributed by atoms with Crippen LogP contribution in [0.25, 0.3) is 11.3 Å². The van der Waals surface area contributed by atoms with Crippen LogP contribution in [-0.2, 0) is 0 Å². The molecule has 0 unspecified atom stereocenters. The van der Waals surface area contributed by atoms with Gasteiger partial charge in [0.25, 0.3) is 0 Å². The van der Waals surface area contributed by atoms with Crippen LogP contribution in [-0.4, -0.2) is 16.1 Å². The molecule has 0 aliphatic heterocycles. The number of benzene rings is 1. The van der Waals surface area contributed by atoms with Gasteiger partial charge < -0.3 is 10.8 Å². The molecule has 3 rings (SSSR count). The molecular formula is C14H14ClFN2O. The number of aromatic nitrogens is 1. The van der Waals surface area contributed by atoms with Gasteiger partial charge in [-0.2, -0.15) is 0 Å². The Labute approximate surface area is 116 Å². The Balaban J connectivity index is 0.00000133. The van der Waals surface area contributed by atoms with Crippen molar-refractivity contribution in [1.29, 1.82) is 0 Å². The zero-order valence-corrected chi connectivity index (χ0v) is 10.9. The normalized spacial score (nSPS) is 20.7. The van der Waals surface area contributed by atoms with E-state index in [1.165, 1.54) is 12.1 Å². The van der Waals surface area contributed by atoms with E-state index in [4.69, 9.17) is 5.73 Å². The number of nitrogens with two attached hydrogens (primary N) is 1. The average Bonchev–Trinajstić information content (AvgIpc) is 3.05. The maximum atomic E-state index is 13.2. The zero-order chi connectivity index (χ0) is 12.7. The molecule has 0 radical (unpaired) electrons. The Kier molecular flexibility index (Phi) is 3.73. The first-order valence-corrected chi connectivity index (χ1v) is 5.85. The number of halogens is 2. The largest absolute Gasteiger partial charge is 0.508 e. The maximum Gasteiger partial charge on any atom is 0.127 e. The Morgan fingerprint density at radius 3 is 2.53 bits per heavy atom. The van der Waals surface area contributed by atoms with Gasteiger partial charge in [0.15, 0.2) is 0 Å². The van der Waals surface area contributed by atoms with E-state index in [0.717, 1.165) is 18.1 Å². The van der Waals surface area contributed by atoms with Gasteiger partial charge in [0, 0.05) is 29.8 Å². The first-order valence-electron chi connectivity index (χ1n) is 5.85. The van der Waals surface area contributed by atoms with Crippen molar-refractivity contribution in [3.8, 4) is 17.0 Å². The predicted octanol–water partition coefficient (Wildman–Crippen LogP) is 2.83. The van der Waals surface area contributed by atoms with Crippen molar-refractivity contribution in [2.45, 2.75) is 18.4 Å². The van der Waals surface area contributed by atoms with Crippen LogP contribution in [0.4, 0.5) is 4.39 Å². The van der Waals surface area contributed by atoms with Crippen molar-refractivity contribution in [2.24, 2.45) is 5.73 Å². The van der Waals surface area contributed by atoms with E-state index < -0.39 is 5.82 Å². The number of aromatic hydroxyl groups is 1. The van der Waals surface area contributed by atoms with Gasteiger partial charge in [-0.25, -0.2) is 4.39 Å². The third-order valence-corrected chi connectivity index (χ3v) is 3.23. The number of phenols is 1. The highest BCUT2D eigenvalue weighted by molar-refractivity contribution is 5.85. The fourth-order valence-electron chi connectivity index (χ4n) is 2.12. The summed E-state index contributed by atoms with van der Waals surface area (Å²) in [5.74, 6) is -0.160. The molecule has 2 aromatic rings. The van der Waals surface area contributed by atoms with Gasteiger partial charge in [-0.05, 0) is 30.2 Å². The lowest BCUT2D eigenvalue weighted by Crippen LogP contribution is -2.01. The van der Waals surface area contributed by atoms with Gasteiger partial charge in [0.05, 0.1) is 5.69 Å². The molecule has 1 aliphatic carbocycles. The summed E-state index contributed by atoms with van der Waals surface area (Å²) in [7, 11) is 0. The molecule has 1 fully saturated rings. The van der Waals surface area contributed by atoms with E-state index in [9.17, 15) is 9.50 Å². The molecule has 0 bridgehead atoms. The van der Waals surface area contributed by atoms with Crippen LogP contribution in [0.3, 0.4) is 0 Å². The van der Waals surface area contributed by atoms with E-state index in [1.807, 2.05) is 12.1 Å². The van der Waals surface area contributed by atoms with Crippen molar-refractivity contribution in [3.05, 3.63) is 47.9 Å². The molecule has 1 aliphatic rings. The minimum absolute atomic E-state index is 0. The predicted molar refractivity (Wildman–Crippen MR) is 73.9 cm³/mol. The smallest absolute Gasteiger partial charge is 0.127 e. The topological polar surface area (TPSA) is 59.1 Å². The van der Waals surface area contributed by atoms with E-state index in [-0.39, 0.29) is 24.2 Å². The molecule has 100 valence electrons. The summed E-state index contributed by atoms with van der Waals surface area (Å²) in [5.41, 5.74) is 8.10. The van der Waals surface area contributed by atoms with Crippen molar-refractivity contribution in [2.75, 3.05) is 0 Å². The molecule has 0 spiro atoms. The second-order valence-electron chi connectivity index (χ2n) is 4.68. The molecule has 5 heteroatoms. The first-order chi connectivity index (χ1) is 8.63. The SMILES string of the molecule is Cl.N[C@H]1C[C@@H]1c1ccc(-c2cc(O)cc(F)c2)nc1. The highest BCUT2D eigenvalue weighted by Crippen LogP contribution is 2.38. The number of nitrogens with zero attached hydrogens (tertiary/aromatic N) is 1. The molecule has 1 heterocycles. The molecule has 2 atom stereocenters. The molecule has 0 saturated heterocycles. The van der Waals surface area contributed by atoms with Gasteiger partial charge in [-0.3, -0.25) is 4.98 Å². The average molecular weight is 281 g/mol. The lowest BCUT2D eigenvalue weighted by atomic mass is 10.1. The molecule has 3 nitrogen and oxygen atoms in total. The summed E-state index contributed by atoms with van der Waals surface area (Å²) in [6.07, 6.45) is 2.77. The lowest BCUT2D eigenvalue weighted by Gasteiger charge is -2.04. The highest BCUT2D eigenvalue weighted by Gasteiger charge is 2.34. The Morgan fingerprint density at radius 1 is 1.26 bits per heavy atom. The molecule has 1 saturated carbocycles. The molecule has 3 N–H and O–H groups in total. The highest BCUT2D eigenvalue weighted by atomic mass is 35.5. The minimum atomic E-state index is -0.472. The first kappa shape index (κ1) is 13.8. The van der Waals surface area contributed by atoms with Gasteiger partial charge in [0.1, 0.15) is 11.6 Å². The van der Waals surface area contributed by atoms with Gasteiger partial charge in [0.2, 0.25) is 0 Å². The number of hydrogen-bond acceptors (Lipinski definition) is 3. The second kappa shape index (κ2) is 5.15.